The van der Waals surface area contributed by atoms with Crippen molar-refractivity contribution in [3.63, 3.8) is 0 Å². The number of nitrogens with one attached hydrogen (secondary N) is 2. The summed E-state index contributed by atoms with van der Waals surface area (Å²) in [4.78, 5) is 29.1. The number of piperazine rings is 1. The third kappa shape index (κ3) is 4.96. The minimum absolute atomic E-state index is 0.251. The van der Waals surface area contributed by atoms with Crippen LogP contribution in [0.4, 0.5) is 16.6 Å². The van der Waals surface area contributed by atoms with Crippen molar-refractivity contribution in [3.05, 3.63) is 59.0 Å². The molecule has 9 nitrogen and oxygen atoms in total. The van der Waals surface area contributed by atoms with Gasteiger partial charge in [-0.3, -0.25) is 9.69 Å². The van der Waals surface area contributed by atoms with Gasteiger partial charge in [-0.25, -0.2) is 15.0 Å². The van der Waals surface area contributed by atoms with Gasteiger partial charge in [0.25, 0.3) is 5.91 Å². The third-order valence-electron chi connectivity index (χ3n) is 5.05. The standard InChI is InChI=1S/C21H22N8OS/c1-23-20(30)16-2-3-18(17(13-22)26-16)29-9-7-28(8-10-29)14-15-4-5-24-19(12-15)27-21-25-6-11-31-21/h2-6,11-12H,7-10,14H2,1H3,(H,23,30)(H,24,25,27). The fourth-order valence-corrected chi connectivity index (χ4v) is 4.02. The van der Waals surface area contributed by atoms with E-state index in [1.165, 1.54) is 16.9 Å². The van der Waals surface area contributed by atoms with E-state index in [0.29, 0.717) is 0 Å². The molecule has 1 aliphatic rings. The summed E-state index contributed by atoms with van der Waals surface area (Å²) in [6.45, 7) is 4.11. The number of amides is 1. The third-order valence-corrected chi connectivity index (χ3v) is 5.74. The lowest BCUT2D eigenvalue weighted by molar-refractivity contribution is 0.0958. The van der Waals surface area contributed by atoms with Gasteiger partial charge in [-0.05, 0) is 29.8 Å². The van der Waals surface area contributed by atoms with E-state index in [-0.39, 0.29) is 17.3 Å². The Morgan fingerprint density at radius 2 is 2.03 bits per heavy atom. The van der Waals surface area contributed by atoms with Crippen molar-refractivity contribution >= 4 is 33.9 Å². The summed E-state index contributed by atoms with van der Waals surface area (Å²) < 4.78 is 0. The van der Waals surface area contributed by atoms with E-state index in [4.69, 9.17) is 0 Å². The Hall–Kier alpha value is -3.55. The number of carbonyl (C=O) groups excluding carboxylic acids is 1. The molecule has 0 aliphatic carbocycles. The number of pyridine rings is 2. The Balaban J connectivity index is 1.37. The molecule has 10 heteroatoms. The number of thiazole rings is 1. The van der Waals surface area contributed by atoms with Crippen LogP contribution >= 0.6 is 11.3 Å². The van der Waals surface area contributed by atoms with E-state index < -0.39 is 0 Å². The molecule has 0 aromatic carbocycles. The molecule has 4 heterocycles. The van der Waals surface area contributed by atoms with Gasteiger partial charge in [0.1, 0.15) is 17.6 Å². The lowest BCUT2D eigenvalue weighted by Crippen LogP contribution is -2.46. The molecule has 31 heavy (non-hydrogen) atoms. The number of nitrogens with zero attached hydrogens (tertiary/aromatic N) is 6. The quantitative estimate of drug-likeness (QED) is 0.608. The van der Waals surface area contributed by atoms with Crippen LogP contribution in [-0.2, 0) is 6.54 Å². The Morgan fingerprint density at radius 3 is 2.74 bits per heavy atom. The van der Waals surface area contributed by atoms with Gasteiger partial charge in [-0.1, -0.05) is 0 Å². The molecule has 0 unspecified atom stereocenters. The first-order valence-electron chi connectivity index (χ1n) is 9.88. The molecule has 1 aliphatic heterocycles. The van der Waals surface area contributed by atoms with Gasteiger partial charge < -0.3 is 15.5 Å². The molecule has 0 bridgehead atoms. The summed E-state index contributed by atoms with van der Waals surface area (Å²) in [6, 6.07) is 9.66. The SMILES string of the molecule is CNC(=O)c1ccc(N2CCN(Cc3ccnc(Nc4nccs4)c3)CC2)c(C#N)n1. The molecule has 0 spiro atoms. The van der Waals surface area contributed by atoms with Gasteiger partial charge in [0.2, 0.25) is 0 Å². The van der Waals surface area contributed by atoms with Crippen molar-refractivity contribution in [1.82, 2.24) is 25.2 Å². The van der Waals surface area contributed by atoms with E-state index in [9.17, 15) is 10.1 Å². The zero-order valence-corrected chi connectivity index (χ0v) is 17.9. The van der Waals surface area contributed by atoms with Crippen LogP contribution in [0.5, 0.6) is 0 Å². The predicted molar refractivity (Wildman–Crippen MR) is 119 cm³/mol. The van der Waals surface area contributed by atoms with Crippen LogP contribution in [0.25, 0.3) is 0 Å². The molecule has 1 fully saturated rings. The van der Waals surface area contributed by atoms with Crippen molar-refractivity contribution in [2.24, 2.45) is 0 Å². The number of carbonyl (C=O) groups is 1. The van der Waals surface area contributed by atoms with Crippen molar-refractivity contribution in [2.75, 3.05) is 43.4 Å². The normalized spacial score (nSPS) is 14.1. The Labute approximate surface area is 184 Å². The lowest BCUT2D eigenvalue weighted by atomic mass is 10.2. The second-order valence-corrected chi connectivity index (χ2v) is 7.92. The van der Waals surface area contributed by atoms with Gasteiger partial charge in [-0.15, -0.1) is 11.3 Å². The molecule has 0 atom stereocenters. The number of anilines is 3. The van der Waals surface area contributed by atoms with Gasteiger partial charge in [-0.2, -0.15) is 5.26 Å². The Bertz CT molecular complexity index is 1090. The second-order valence-electron chi connectivity index (χ2n) is 7.03. The number of hydrogen-bond donors (Lipinski definition) is 2. The molecule has 0 radical (unpaired) electrons. The highest BCUT2D eigenvalue weighted by Crippen LogP contribution is 2.22. The Morgan fingerprint density at radius 1 is 1.19 bits per heavy atom. The van der Waals surface area contributed by atoms with Crippen LogP contribution < -0.4 is 15.5 Å². The predicted octanol–water partition coefficient (Wildman–Crippen LogP) is 2.23. The fourth-order valence-electron chi connectivity index (χ4n) is 3.48. The topological polar surface area (TPSA) is 110 Å². The maximum absolute atomic E-state index is 11.8. The molecular formula is C21H22N8OS. The monoisotopic (exact) mass is 434 g/mol. The summed E-state index contributed by atoms with van der Waals surface area (Å²) >= 11 is 1.54. The number of rotatable bonds is 6. The van der Waals surface area contributed by atoms with Gasteiger partial charge in [0.15, 0.2) is 10.8 Å². The maximum Gasteiger partial charge on any atom is 0.269 e. The summed E-state index contributed by atoms with van der Waals surface area (Å²) in [7, 11) is 1.55. The summed E-state index contributed by atoms with van der Waals surface area (Å²) in [6.07, 6.45) is 3.57. The molecule has 4 rings (SSSR count). The van der Waals surface area contributed by atoms with Crippen molar-refractivity contribution in [3.8, 4) is 6.07 Å². The number of nitriles is 1. The van der Waals surface area contributed by atoms with Crippen LogP contribution in [0.2, 0.25) is 0 Å². The molecular weight excluding hydrogens is 412 g/mol. The van der Waals surface area contributed by atoms with Crippen LogP contribution in [0.15, 0.2) is 42.0 Å². The van der Waals surface area contributed by atoms with Crippen LogP contribution in [-0.4, -0.2) is 59.0 Å². The summed E-state index contributed by atoms with van der Waals surface area (Å²) in [5.41, 5.74) is 2.48. The first kappa shape index (κ1) is 20.7. The van der Waals surface area contributed by atoms with E-state index in [1.54, 1.807) is 25.5 Å². The average Bonchev–Trinajstić information content (AvgIpc) is 3.32. The maximum atomic E-state index is 11.8. The van der Waals surface area contributed by atoms with E-state index in [0.717, 1.165) is 49.4 Å². The van der Waals surface area contributed by atoms with Crippen molar-refractivity contribution in [1.29, 1.82) is 5.26 Å². The highest BCUT2D eigenvalue weighted by Gasteiger charge is 2.21. The van der Waals surface area contributed by atoms with Gasteiger partial charge in [0.05, 0.1) is 5.69 Å². The van der Waals surface area contributed by atoms with Crippen molar-refractivity contribution in [2.45, 2.75) is 6.54 Å². The van der Waals surface area contributed by atoms with Gasteiger partial charge >= 0.3 is 0 Å². The van der Waals surface area contributed by atoms with E-state index >= 15 is 0 Å². The molecule has 1 amide bonds. The molecule has 1 saturated heterocycles. The van der Waals surface area contributed by atoms with Gasteiger partial charge in [0, 0.05) is 57.5 Å². The first-order valence-corrected chi connectivity index (χ1v) is 10.8. The molecule has 2 N–H and O–H groups in total. The second kappa shape index (κ2) is 9.51. The molecule has 0 saturated carbocycles. The summed E-state index contributed by atoms with van der Waals surface area (Å²) in [5, 5.41) is 18.0. The zero-order chi connectivity index (χ0) is 21.6. The highest BCUT2D eigenvalue weighted by atomic mass is 32.1. The Kier molecular flexibility index (Phi) is 6.35. The minimum Gasteiger partial charge on any atom is -0.367 e. The summed E-state index contributed by atoms with van der Waals surface area (Å²) in [5.74, 6) is 0.487. The van der Waals surface area contributed by atoms with Crippen molar-refractivity contribution < 1.29 is 4.79 Å². The average molecular weight is 435 g/mol. The first-order chi connectivity index (χ1) is 15.2. The van der Waals surface area contributed by atoms with Crippen LogP contribution in [0.1, 0.15) is 21.7 Å². The largest absolute Gasteiger partial charge is 0.367 e. The van der Waals surface area contributed by atoms with E-state index in [2.05, 4.69) is 41.5 Å². The number of hydrogen-bond acceptors (Lipinski definition) is 9. The molecule has 3 aromatic rings. The minimum atomic E-state index is -0.297. The van der Waals surface area contributed by atoms with Crippen LogP contribution in [0.3, 0.4) is 0 Å². The van der Waals surface area contributed by atoms with Crippen LogP contribution in [0, 0.1) is 11.3 Å². The number of aromatic nitrogens is 3. The lowest BCUT2D eigenvalue weighted by Gasteiger charge is -2.36. The fraction of sp³-hybridized carbons (Fsp3) is 0.286. The highest BCUT2D eigenvalue weighted by molar-refractivity contribution is 7.13. The smallest absolute Gasteiger partial charge is 0.269 e. The van der Waals surface area contributed by atoms with E-state index in [1.807, 2.05) is 23.6 Å². The molecule has 158 valence electrons. The molecule has 3 aromatic heterocycles. The zero-order valence-electron chi connectivity index (χ0n) is 17.1.